The summed E-state index contributed by atoms with van der Waals surface area (Å²) in [4.78, 5) is 0. The molecule has 3 aromatic rings. The van der Waals surface area contributed by atoms with Crippen molar-refractivity contribution in [2.24, 2.45) is 0 Å². The van der Waals surface area contributed by atoms with Crippen molar-refractivity contribution < 1.29 is 0 Å². The largest absolute Gasteiger partial charge is 0.312 e. The van der Waals surface area contributed by atoms with Gasteiger partial charge in [-0.2, -0.15) is 5.10 Å². The third kappa shape index (κ3) is 2.90. The molecule has 0 unspecified atom stereocenters. The zero-order valence-corrected chi connectivity index (χ0v) is 13.6. The Morgan fingerprint density at radius 2 is 1.83 bits per heavy atom. The van der Waals surface area contributed by atoms with Crippen LogP contribution in [0.15, 0.2) is 54.6 Å². The van der Waals surface area contributed by atoms with Crippen molar-refractivity contribution in [2.75, 3.05) is 6.54 Å². The van der Waals surface area contributed by atoms with Gasteiger partial charge in [-0.15, -0.1) is 0 Å². The predicted molar refractivity (Wildman–Crippen MR) is 93.6 cm³/mol. The normalized spacial score (nSPS) is 13.8. The Kier molecular flexibility index (Phi) is 3.90. The van der Waals surface area contributed by atoms with Crippen LogP contribution in [0.25, 0.3) is 11.3 Å². The Hall–Kier alpha value is -2.10. The maximum absolute atomic E-state index is 6.05. The molecular weight excluding hydrogens is 306 g/mol. The molecule has 4 heteroatoms. The molecular formula is C19H18ClN3. The van der Waals surface area contributed by atoms with Gasteiger partial charge in [0.15, 0.2) is 0 Å². The average Bonchev–Trinajstić information content (AvgIpc) is 2.94. The molecule has 2 aromatic carbocycles. The van der Waals surface area contributed by atoms with Crippen LogP contribution in [-0.2, 0) is 19.5 Å². The summed E-state index contributed by atoms with van der Waals surface area (Å²) in [6.07, 6.45) is 0.984. The molecule has 1 aromatic heterocycles. The first kappa shape index (κ1) is 14.5. The molecule has 2 heterocycles. The second-order valence-corrected chi connectivity index (χ2v) is 6.29. The number of hydrogen-bond donors (Lipinski definition) is 1. The summed E-state index contributed by atoms with van der Waals surface area (Å²) in [7, 11) is 0. The maximum atomic E-state index is 6.05. The summed E-state index contributed by atoms with van der Waals surface area (Å²) in [6.45, 7) is 2.66. The predicted octanol–water partition coefficient (Wildman–Crippen LogP) is 3.90. The van der Waals surface area contributed by atoms with Crippen LogP contribution >= 0.6 is 11.6 Å². The van der Waals surface area contributed by atoms with E-state index < -0.39 is 0 Å². The summed E-state index contributed by atoms with van der Waals surface area (Å²) in [5, 5.41) is 9.11. The fraction of sp³-hybridized carbons (Fsp3) is 0.211. The molecule has 0 spiro atoms. The monoisotopic (exact) mass is 323 g/mol. The van der Waals surface area contributed by atoms with Crippen LogP contribution in [0.4, 0.5) is 0 Å². The Bertz CT molecular complexity index is 807. The van der Waals surface area contributed by atoms with Crippen LogP contribution in [0, 0.1) is 0 Å². The van der Waals surface area contributed by atoms with E-state index in [1.807, 2.05) is 18.2 Å². The van der Waals surface area contributed by atoms with E-state index >= 15 is 0 Å². The van der Waals surface area contributed by atoms with Gasteiger partial charge in [-0.3, -0.25) is 4.68 Å². The summed E-state index contributed by atoms with van der Waals surface area (Å²) < 4.78 is 2.14. The highest BCUT2D eigenvalue weighted by Crippen LogP contribution is 2.30. The smallest absolute Gasteiger partial charge is 0.0734 e. The van der Waals surface area contributed by atoms with Gasteiger partial charge in [-0.1, -0.05) is 54.1 Å². The van der Waals surface area contributed by atoms with Crippen molar-refractivity contribution in [1.82, 2.24) is 15.1 Å². The van der Waals surface area contributed by atoms with Crippen LogP contribution in [0.5, 0.6) is 0 Å². The maximum Gasteiger partial charge on any atom is 0.0734 e. The Morgan fingerprint density at radius 3 is 2.61 bits per heavy atom. The summed E-state index contributed by atoms with van der Waals surface area (Å²) >= 11 is 6.05. The van der Waals surface area contributed by atoms with Crippen molar-refractivity contribution in [2.45, 2.75) is 19.5 Å². The third-order valence-electron chi connectivity index (χ3n) is 4.27. The highest BCUT2D eigenvalue weighted by molar-refractivity contribution is 6.30. The Balaban J connectivity index is 1.81. The fourth-order valence-corrected chi connectivity index (χ4v) is 3.28. The van der Waals surface area contributed by atoms with E-state index in [2.05, 4.69) is 46.4 Å². The van der Waals surface area contributed by atoms with Crippen molar-refractivity contribution in [3.63, 3.8) is 0 Å². The number of nitrogens with zero attached hydrogens (tertiary/aromatic N) is 2. The van der Waals surface area contributed by atoms with E-state index in [1.54, 1.807) is 0 Å². The first-order valence-electron chi connectivity index (χ1n) is 7.90. The molecule has 0 amide bonds. The van der Waals surface area contributed by atoms with Gasteiger partial charge in [-0.25, -0.2) is 0 Å². The molecule has 116 valence electrons. The highest BCUT2D eigenvalue weighted by atomic mass is 35.5. The lowest BCUT2D eigenvalue weighted by Gasteiger charge is -2.14. The van der Waals surface area contributed by atoms with Crippen molar-refractivity contribution >= 4 is 11.6 Å². The van der Waals surface area contributed by atoms with E-state index in [0.717, 1.165) is 31.1 Å². The van der Waals surface area contributed by atoms with Gasteiger partial charge in [0.05, 0.1) is 17.9 Å². The summed E-state index contributed by atoms with van der Waals surface area (Å²) in [6, 6.07) is 18.5. The van der Waals surface area contributed by atoms with Gasteiger partial charge < -0.3 is 5.32 Å². The lowest BCUT2D eigenvalue weighted by Crippen LogP contribution is -2.23. The summed E-state index contributed by atoms with van der Waals surface area (Å²) in [5.41, 5.74) is 6.16. The van der Waals surface area contributed by atoms with Gasteiger partial charge >= 0.3 is 0 Å². The third-order valence-corrected chi connectivity index (χ3v) is 4.52. The fourth-order valence-electron chi connectivity index (χ4n) is 3.16. The van der Waals surface area contributed by atoms with Crippen LogP contribution in [0.3, 0.4) is 0 Å². The van der Waals surface area contributed by atoms with E-state index in [-0.39, 0.29) is 0 Å². The van der Waals surface area contributed by atoms with Crippen LogP contribution in [0.1, 0.15) is 16.8 Å². The Labute approximate surface area is 140 Å². The topological polar surface area (TPSA) is 29.9 Å². The minimum Gasteiger partial charge on any atom is -0.312 e. The average molecular weight is 324 g/mol. The first-order chi connectivity index (χ1) is 11.3. The highest BCUT2D eigenvalue weighted by Gasteiger charge is 2.21. The lowest BCUT2D eigenvalue weighted by atomic mass is 10.0. The number of rotatable bonds is 3. The molecule has 23 heavy (non-hydrogen) atoms. The van der Waals surface area contributed by atoms with E-state index in [9.17, 15) is 0 Å². The second-order valence-electron chi connectivity index (χ2n) is 5.85. The lowest BCUT2D eigenvalue weighted by molar-refractivity contribution is 0.626. The minimum absolute atomic E-state index is 0.759. The number of benzene rings is 2. The van der Waals surface area contributed by atoms with Gasteiger partial charge in [0.25, 0.3) is 0 Å². The molecule has 0 bridgehead atoms. The molecule has 0 atom stereocenters. The SMILES string of the molecule is Clc1ccc(-c2c3c(nn2Cc2ccccc2)CCNC3)cc1. The van der Waals surface area contributed by atoms with Gasteiger partial charge in [0.1, 0.15) is 0 Å². The van der Waals surface area contributed by atoms with Crippen LogP contribution in [-0.4, -0.2) is 16.3 Å². The number of halogens is 1. The first-order valence-corrected chi connectivity index (χ1v) is 8.28. The molecule has 4 rings (SSSR count). The number of nitrogens with one attached hydrogen (secondary N) is 1. The molecule has 0 saturated carbocycles. The van der Waals surface area contributed by atoms with Gasteiger partial charge in [0, 0.05) is 35.7 Å². The standard InChI is InChI=1S/C19H18ClN3/c20-16-8-6-15(7-9-16)19-17-12-21-11-10-18(17)22-23(19)13-14-4-2-1-3-5-14/h1-9,21H,10-13H2. The minimum atomic E-state index is 0.759. The van der Waals surface area contributed by atoms with Crippen LogP contribution in [0.2, 0.25) is 5.02 Å². The zero-order chi connectivity index (χ0) is 15.6. The molecule has 1 aliphatic heterocycles. The molecule has 1 aliphatic rings. The van der Waals surface area contributed by atoms with Crippen molar-refractivity contribution in [3.8, 4) is 11.3 Å². The van der Waals surface area contributed by atoms with Crippen LogP contribution < -0.4 is 5.32 Å². The van der Waals surface area contributed by atoms with E-state index in [0.29, 0.717) is 0 Å². The van der Waals surface area contributed by atoms with E-state index in [4.69, 9.17) is 16.7 Å². The van der Waals surface area contributed by atoms with Crippen molar-refractivity contribution in [1.29, 1.82) is 0 Å². The molecule has 0 fully saturated rings. The molecule has 0 saturated heterocycles. The molecule has 0 aliphatic carbocycles. The van der Waals surface area contributed by atoms with E-state index in [1.165, 1.54) is 28.1 Å². The number of fused-ring (bicyclic) bond motifs is 1. The van der Waals surface area contributed by atoms with Gasteiger partial charge in [0.2, 0.25) is 0 Å². The zero-order valence-electron chi connectivity index (χ0n) is 12.8. The Morgan fingerprint density at radius 1 is 1.04 bits per heavy atom. The summed E-state index contributed by atoms with van der Waals surface area (Å²) in [5.74, 6) is 0. The number of aromatic nitrogens is 2. The molecule has 3 nitrogen and oxygen atoms in total. The van der Waals surface area contributed by atoms with Crippen molar-refractivity contribution in [3.05, 3.63) is 76.4 Å². The number of hydrogen-bond acceptors (Lipinski definition) is 2. The molecule has 0 radical (unpaired) electrons. The van der Waals surface area contributed by atoms with Gasteiger partial charge in [-0.05, 0) is 17.7 Å². The molecule has 1 N–H and O–H groups in total. The quantitative estimate of drug-likeness (QED) is 0.792. The second kappa shape index (κ2) is 6.19.